The Balaban J connectivity index is 2.60. The Hall–Kier alpha value is -2.08. The van der Waals surface area contributed by atoms with Crippen LogP contribution in [-0.2, 0) is 17.3 Å². The smallest absolute Gasteiger partial charge is 0.408 e. The van der Waals surface area contributed by atoms with Gasteiger partial charge in [-0.05, 0) is 31.5 Å². The SMILES string of the molecule is CN(N)C(=O)C(C)(C)c1ccc2oc(=O)n(C)c2c1. The van der Waals surface area contributed by atoms with Crippen LogP contribution < -0.4 is 11.6 Å². The summed E-state index contributed by atoms with van der Waals surface area (Å²) in [7, 11) is 3.14. The van der Waals surface area contributed by atoms with Crippen molar-refractivity contribution in [2.24, 2.45) is 12.9 Å². The van der Waals surface area contributed by atoms with Crippen LogP contribution in [0.15, 0.2) is 27.4 Å². The minimum atomic E-state index is -0.773. The van der Waals surface area contributed by atoms with E-state index in [0.717, 1.165) is 10.6 Å². The van der Waals surface area contributed by atoms with E-state index >= 15 is 0 Å². The molecular weight excluding hydrogens is 246 g/mol. The minimum Gasteiger partial charge on any atom is -0.408 e. The number of carbonyl (C=O) groups excluding carboxylic acids is 1. The van der Waals surface area contributed by atoms with Gasteiger partial charge >= 0.3 is 5.76 Å². The van der Waals surface area contributed by atoms with Gasteiger partial charge in [0, 0.05) is 14.1 Å². The molecule has 0 fully saturated rings. The molecule has 2 rings (SSSR count). The number of oxazole rings is 1. The maximum Gasteiger partial charge on any atom is 0.419 e. The van der Waals surface area contributed by atoms with Crippen molar-refractivity contribution in [3.63, 3.8) is 0 Å². The fourth-order valence-electron chi connectivity index (χ4n) is 2.08. The number of aromatic nitrogens is 1. The molecule has 0 aliphatic carbocycles. The third-order valence-corrected chi connectivity index (χ3v) is 3.37. The van der Waals surface area contributed by atoms with Gasteiger partial charge in [-0.3, -0.25) is 14.4 Å². The van der Waals surface area contributed by atoms with E-state index in [2.05, 4.69) is 0 Å². The Morgan fingerprint density at radius 2 is 2.05 bits per heavy atom. The van der Waals surface area contributed by atoms with Gasteiger partial charge in [-0.25, -0.2) is 10.6 Å². The highest BCUT2D eigenvalue weighted by Gasteiger charge is 2.32. The van der Waals surface area contributed by atoms with Crippen LogP contribution in [0.4, 0.5) is 0 Å². The van der Waals surface area contributed by atoms with Gasteiger partial charge in [0.1, 0.15) is 0 Å². The number of aryl methyl sites for hydroxylation is 1. The van der Waals surface area contributed by atoms with E-state index in [4.69, 9.17) is 10.3 Å². The lowest BCUT2D eigenvalue weighted by atomic mass is 9.83. The number of amides is 1. The van der Waals surface area contributed by atoms with Gasteiger partial charge in [-0.1, -0.05) is 6.07 Å². The van der Waals surface area contributed by atoms with Crippen LogP contribution in [-0.4, -0.2) is 22.5 Å². The molecule has 0 atom stereocenters. The second kappa shape index (κ2) is 4.24. The summed E-state index contributed by atoms with van der Waals surface area (Å²) in [6, 6.07) is 5.24. The number of carbonyl (C=O) groups is 1. The number of rotatable bonds is 2. The van der Waals surface area contributed by atoms with Gasteiger partial charge in [0.2, 0.25) is 5.91 Å². The van der Waals surface area contributed by atoms with Crippen molar-refractivity contribution in [1.82, 2.24) is 9.58 Å². The highest BCUT2D eigenvalue weighted by Crippen LogP contribution is 2.27. The number of nitrogens with two attached hydrogens (primary N) is 1. The van der Waals surface area contributed by atoms with Gasteiger partial charge in [0.15, 0.2) is 5.58 Å². The molecule has 0 aliphatic rings. The number of hydrogen-bond acceptors (Lipinski definition) is 4. The van der Waals surface area contributed by atoms with Crippen molar-refractivity contribution >= 4 is 17.0 Å². The lowest BCUT2D eigenvalue weighted by Gasteiger charge is -2.27. The number of fused-ring (bicyclic) bond motifs is 1. The predicted octanol–water partition coefficient (Wildman–Crippen LogP) is 0.741. The lowest BCUT2D eigenvalue weighted by Crippen LogP contribution is -2.44. The van der Waals surface area contributed by atoms with Crippen LogP contribution in [0.25, 0.3) is 11.1 Å². The Morgan fingerprint density at radius 1 is 1.42 bits per heavy atom. The van der Waals surface area contributed by atoms with Gasteiger partial charge in [0.25, 0.3) is 0 Å². The molecule has 0 bridgehead atoms. The molecule has 0 radical (unpaired) electrons. The van der Waals surface area contributed by atoms with E-state index in [-0.39, 0.29) is 5.91 Å². The van der Waals surface area contributed by atoms with Crippen molar-refractivity contribution in [3.05, 3.63) is 34.3 Å². The summed E-state index contributed by atoms with van der Waals surface area (Å²) < 4.78 is 6.47. The number of benzene rings is 1. The van der Waals surface area contributed by atoms with Crippen LogP contribution in [0, 0.1) is 0 Å². The third kappa shape index (κ3) is 2.04. The number of hydrazine groups is 1. The molecular formula is C13H17N3O3. The molecule has 0 saturated carbocycles. The fraction of sp³-hybridized carbons (Fsp3) is 0.385. The Morgan fingerprint density at radius 3 is 2.63 bits per heavy atom. The molecule has 19 heavy (non-hydrogen) atoms. The predicted molar refractivity (Wildman–Crippen MR) is 71.4 cm³/mol. The average Bonchev–Trinajstić information content (AvgIpc) is 2.63. The van der Waals surface area contributed by atoms with Crippen molar-refractivity contribution in [3.8, 4) is 0 Å². The molecule has 0 aliphatic heterocycles. The number of hydrogen-bond donors (Lipinski definition) is 1. The van der Waals surface area contributed by atoms with E-state index in [1.54, 1.807) is 39.1 Å². The summed E-state index contributed by atoms with van der Waals surface area (Å²) in [5, 5.41) is 1.07. The highest BCUT2D eigenvalue weighted by atomic mass is 16.4. The summed E-state index contributed by atoms with van der Waals surface area (Å²) in [4.78, 5) is 23.5. The average molecular weight is 263 g/mol. The largest absolute Gasteiger partial charge is 0.419 e. The van der Waals surface area contributed by atoms with E-state index in [1.165, 1.54) is 11.6 Å². The van der Waals surface area contributed by atoms with Crippen molar-refractivity contribution in [2.45, 2.75) is 19.3 Å². The molecule has 0 saturated heterocycles. The Labute approximate surface area is 110 Å². The summed E-state index contributed by atoms with van der Waals surface area (Å²) in [6.07, 6.45) is 0. The molecule has 2 aromatic rings. The van der Waals surface area contributed by atoms with Gasteiger partial charge in [-0.2, -0.15) is 0 Å². The van der Waals surface area contributed by atoms with Gasteiger partial charge in [-0.15, -0.1) is 0 Å². The zero-order chi connectivity index (χ0) is 14.4. The van der Waals surface area contributed by atoms with Crippen LogP contribution in [0.3, 0.4) is 0 Å². The molecule has 0 spiro atoms. The van der Waals surface area contributed by atoms with Crippen molar-refractivity contribution < 1.29 is 9.21 Å². The third-order valence-electron chi connectivity index (χ3n) is 3.37. The van der Waals surface area contributed by atoms with Gasteiger partial charge in [0.05, 0.1) is 10.9 Å². The molecule has 1 amide bonds. The summed E-state index contributed by atoms with van der Waals surface area (Å²) in [6.45, 7) is 3.58. The maximum absolute atomic E-state index is 12.1. The van der Waals surface area contributed by atoms with E-state index < -0.39 is 11.2 Å². The zero-order valence-corrected chi connectivity index (χ0v) is 11.4. The summed E-state index contributed by atoms with van der Waals surface area (Å²) >= 11 is 0. The topological polar surface area (TPSA) is 81.5 Å². The van der Waals surface area contributed by atoms with Crippen LogP contribution in [0.2, 0.25) is 0 Å². The molecule has 6 nitrogen and oxygen atoms in total. The first-order valence-electron chi connectivity index (χ1n) is 5.88. The van der Waals surface area contributed by atoms with E-state index in [0.29, 0.717) is 11.1 Å². The molecule has 2 N–H and O–H groups in total. The molecule has 6 heteroatoms. The molecule has 102 valence electrons. The normalized spacial score (nSPS) is 11.8. The van der Waals surface area contributed by atoms with E-state index in [9.17, 15) is 9.59 Å². The van der Waals surface area contributed by atoms with Crippen LogP contribution in [0.1, 0.15) is 19.4 Å². The monoisotopic (exact) mass is 263 g/mol. The standard InChI is InChI=1S/C13H17N3O3/c1-13(2,11(17)16(4)14)8-5-6-10-9(7-8)15(3)12(18)19-10/h5-7H,14H2,1-4H3. The lowest BCUT2D eigenvalue weighted by molar-refractivity contribution is -0.135. The first kappa shape index (κ1) is 13.4. The molecule has 0 unspecified atom stereocenters. The second-order valence-electron chi connectivity index (χ2n) is 5.15. The Kier molecular flexibility index (Phi) is 2.98. The minimum absolute atomic E-state index is 0.208. The zero-order valence-electron chi connectivity index (χ0n) is 11.4. The molecule has 1 aromatic heterocycles. The number of nitrogens with zero attached hydrogens (tertiary/aromatic N) is 2. The number of likely N-dealkylation sites (N-methyl/N-ethyl adjacent to an activating group) is 1. The second-order valence-corrected chi connectivity index (χ2v) is 5.15. The summed E-state index contributed by atoms with van der Waals surface area (Å²) in [5.41, 5.74) is 1.16. The quantitative estimate of drug-likeness (QED) is 0.492. The fourth-order valence-corrected chi connectivity index (χ4v) is 2.08. The highest BCUT2D eigenvalue weighted by molar-refractivity contribution is 5.88. The summed E-state index contributed by atoms with van der Waals surface area (Å²) in [5.74, 6) is 4.88. The van der Waals surface area contributed by atoms with Crippen molar-refractivity contribution in [2.75, 3.05) is 7.05 Å². The Bertz CT molecular complexity index is 695. The van der Waals surface area contributed by atoms with Crippen molar-refractivity contribution in [1.29, 1.82) is 0 Å². The first-order chi connectivity index (χ1) is 8.75. The van der Waals surface area contributed by atoms with Crippen LogP contribution >= 0.6 is 0 Å². The van der Waals surface area contributed by atoms with Gasteiger partial charge < -0.3 is 4.42 Å². The molecule has 1 heterocycles. The van der Waals surface area contributed by atoms with E-state index in [1.807, 2.05) is 0 Å². The first-order valence-corrected chi connectivity index (χ1v) is 5.88. The molecule has 1 aromatic carbocycles. The van der Waals surface area contributed by atoms with Crippen LogP contribution in [0.5, 0.6) is 0 Å². The maximum atomic E-state index is 12.1.